The van der Waals surface area contributed by atoms with Crippen LogP contribution >= 0.6 is 0 Å². The van der Waals surface area contributed by atoms with E-state index in [-0.39, 0.29) is 53.4 Å². The molecule has 0 aliphatic rings. The first-order chi connectivity index (χ1) is 41.2. The van der Waals surface area contributed by atoms with Crippen molar-refractivity contribution in [2.75, 3.05) is 40.6 Å². The van der Waals surface area contributed by atoms with Gasteiger partial charge in [-0.2, -0.15) is 5.11 Å². The van der Waals surface area contributed by atoms with E-state index < -0.39 is 29.7 Å². The number of benzene rings is 7. The highest BCUT2D eigenvalue weighted by Gasteiger charge is 2.23. The molecule has 7 rings (SSSR count). The van der Waals surface area contributed by atoms with E-state index in [0.717, 1.165) is 66.5 Å². The Hall–Kier alpha value is -9.90. The minimum atomic E-state index is -0.775. The summed E-state index contributed by atoms with van der Waals surface area (Å²) in [4.78, 5) is 63.3. The fourth-order valence-electron chi connectivity index (χ4n) is 8.54. The summed E-state index contributed by atoms with van der Waals surface area (Å²) in [5, 5.41) is 10.0. The van der Waals surface area contributed by atoms with Crippen LogP contribution in [0.5, 0.6) is 40.2 Å². The van der Waals surface area contributed by atoms with E-state index in [9.17, 15) is 28.4 Å². The Morgan fingerprint density at radius 2 is 1.27 bits per heavy atom. The third-order valence-electron chi connectivity index (χ3n) is 12.9. The molecule has 0 fully saturated rings. The summed E-state index contributed by atoms with van der Waals surface area (Å²) in [6.45, 7) is 12.0. The molecular weight excluding hydrogens is 1090 g/mol. The Morgan fingerprint density at radius 3 is 2.00 bits per heavy atom. The molecule has 440 valence electrons. The van der Waals surface area contributed by atoms with E-state index in [4.69, 9.17) is 42.6 Å². The molecule has 0 N–H and O–H groups in total. The van der Waals surface area contributed by atoms with Crippen LogP contribution in [0.4, 0.5) is 15.8 Å². The van der Waals surface area contributed by atoms with Crippen molar-refractivity contribution < 1.29 is 71.0 Å². The summed E-state index contributed by atoms with van der Waals surface area (Å²) in [7, 11) is 2.82. The number of halogens is 1. The quantitative estimate of drug-likeness (QED) is 0.0131. The van der Waals surface area contributed by atoms with Crippen molar-refractivity contribution in [1.82, 2.24) is 0 Å². The highest BCUT2D eigenvalue weighted by Crippen LogP contribution is 2.45. The minimum absolute atomic E-state index is 0.0182. The lowest BCUT2D eigenvalue weighted by Crippen LogP contribution is -2.11. The van der Waals surface area contributed by atoms with Gasteiger partial charge in [0.25, 0.3) is 0 Å². The standard InChI is InChI=1S/C68H67FN2O14/c1-7-14-47-17-31-57(56(69)41-47)71-70-53-26-23-49(24-27-53)65-59(83-63(73)35-19-46-15-28-54(29-16-46)79-37-11-9-10-12-38-82-67(75)45(3)4)33-34-60(66(65)78-6)84-64(74)36-20-48-18-32-58(61(42-48)77-5)85-68(76)52-22-21-51-44-55(30-25-50(51)43-52)80-39-13-40-81-62(72)8-2/h8,15-18,20-34,36,41-44H,2-3,7,9-14,19,35,37-40H2,1,4-6H3/b36-20+,71-70+. The van der Waals surface area contributed by atoms with Crippen LogP contribution in [0.2, 0.25) is 0 Å². The number of hydrogen-bond acceptors (Lipinski definition) is 16. The number of carbonyl (C=O) groups excluding carboxylic acids is 5. The van der Waals surface area contributed by atoms with Crippen molar-refractivity contribution in [3.05, 3.63) is 192 Å². The normalized spacial score (nSPS) is 11.0. The monoisotopic (exact) mass is 1150 g/mol. The molecule has 0 amide bonds. The molecular formula is C68H67FN2O14. The van der Waals surface area contributed by atoms with Crippen LogP contribution in [0.15, 0.2) is 175 Å². The number of fused-ring (bicyclic) bond motifs is 1. The van der Waals surface area contributed by atoms with Gasteiger partial charge in [0.2, 0.25) is 0 Å². The number of esters is 5. The van der Waals surface area contributed by atoms with Gasteiger partial charge in [-0.15, -0.1) is 5.11 Å². The van der Waals surface area contributed by atoms with E-state index in [1.54, 1.807) is 79.7 Å². The molecule has 16 nitrogen and oxygen atoms in total. The van der Waals surface area contributed by atoms with Gasteiger partial charge >= 0.3 is 29.8 Å². The molecule has 0 saturated heterocycles. The Bertz CT molecular complexity index is 3560. The second-order valence-electron chi connectivity index (χ2n) is 19.4. The van der Waals surface area contributed by atoms with Crippen molar-refractivity contribution in [1.29, 1.82) is 0 Å². The molecule has 0 unspecified atom stereocenters. The first-order valence-electron chi connectivity index (χ1n) is 27.8. The topological polar surface area (TPSA) is 193 Å². The van der Waals surface area contributed by atoms with Crippen LogP contribution in [-0.4, -0.2) is 70.5 Å². The van der Waals surface area contributed by atoms with Gasteiger partial charge in [-0.3, -0.25) is 4.79 Å². The van der Waals surface area contributed by atoms with E-state index in [0.29, 0.717) is 77.7 Å². The van der Waals surface area contributed by atoms with Gasteiger partial charge in [0.15, 0.2) is 28.8 Å². The SMILES string of the molecule is C=CC(=O)OCCCOc1ccc2cc(C(=O)Oc3ccc(/C=C/C(=O)Oc4ccc(OC(=O)CCc5ccc(OCCCCCCOC(=O)C(=C)C)cc5)c(-c5ccc(/N=N/c6ccc(CCC)cc6F)cc5)c4OC)cc3OC)ccc2c1. The summed E-state index contributed by atoms with van der Waals surface area (Å²) in [6, 6.07) is 37.4. The maximum Gasteiger partial charge on any atom is 0.343 e. The highest BCUT2D eigenvalue weighted by atomic mass is 19.1. The molecule has 0 aliphatic heterocycles. The average molecular weight is 1160 g/mol. The number of hydrogen-bond donors (Lipinski definition) is 0. The second kappa shape index (κ2) is 32.1. The Balaban J connectivity index is 1.00. The number of ether oxygens (including phenoxy) is 9. The zero-order valence-corrected chi connectivity index (χ0v) is 48.0. The van der Waals surface area contributed by atoms with Crippen LogP contribution in [0.3, 0.4) is 0 Å². The predicted molar refractivity (Wildman–Crippen MR) is 321 cm³/mol. The van der Waals surface area contributed by atoms with Crippen LogP contribution < -0.4 is 33.2 Å². The third kappa shape index (κ3) is 19.1. The van der Waals surface area contributed by atoms with Gasteiger partial charge in [0.1, 0.15) is 22.9 Å². The zero-order chi connectivity index (χ0) is 60.5. The Labute approximate surface area is 493 Å². The molecule has 7 aromatic rings. The number of nitrogens with zero attached hydrogens (tertiary/aromatic N) is 2. The maximum atomic E-state index is 14.9. The first-order valence-corrected chi connectivity index (χ1v) is 27.8. The largest absolute Gasteiger partial charge is 0.494 e. The summed E-state index contributed by atoms with van der Waals surface area (Å²) in [6.07, 6.45) is 9.77. The van der Waals surface area contributed by atoms with Gasteiger partial charge in [-0.1, -0.05) is 75.0 Å². The lowest BCUT2D eigenvalue weighted by molar-refractivity contribution is -0.139. The number of carbonyl (C=O) groups is 5. The number of unbranched alkanes of at least 4 members (excludes halogenated alkanes) is 3. The number of azo groups is 1. The van der Waals surface area contributed by atoms with Gasteiger partial charge in [-0.25, -0.2) is 23.6 Å². The van der Waals surface area contributed by atoms with Crippen LogP contribution in [0.25, 0.3) is 28.0 Å². The van der Waals surface area contributed by atoms with E-state index in [2.05, 4.69) is 23.4 Å². The average Bonchev–Trinajstić information content (AvgIpc) is 2.80. The van der Waals surface area contributed by atoms with Crippen molar-refractivity contribution in [3.63, 3.8) is 0 Å². The third-order valence-corrected chi connectivity index (χ3v) is 12.9. The number of rotatable bonds is 31. The minimum Gasteiger partial charge on any atom is -0.494 e. The lowest BCUT2D eigenvalue weighted by atomic mass is 10.0. The molecule has 0 aliphatic carbocycles. The van der Waals surface area contributed by atoms with Crippen LogP contribution in [-0.2, 0) is 41.5 Å². The Morgan fingerprint density at radius 1 is 0.588 bits per heavy atom. The fourth-order valence-corrected chi connectivity index (χ4v) is 8.54. The molecule has 85 heavy (non-hydrogen) atoms. The predicted octanol–water partition coefficient (Wildman–Crippen LogP) is 15.0. The van der Waals surface area contributed by atoms with Crippen LogP contribution in [0.1, 0.15) is 85.8 Å². The molecule has 0 saturated carbocycles. The van der Waals surface area contributed by atoms with E-state index in [1.165, 1.54) is 44.6 Å². The Kier molecular flexibility index (Phi) is 23.7. The van der Waals surface area contributed by atoms with Crippen molar-refractivity contribution in [2.24, 2.45) is 10.2 Å². The van der Waals surface area contributed by atoms with E-state index in [1.807, 2.05) is 49.4 Å². The molecule has 7 aromatic carbocycles. The number of aryl methyl sites for hydroxylation is 2. The second-order valence-corrected chi connectivity index (χ2v) is 19.4. The molecule has 0 heterocycles. The van der Waals surface area contributed by atoms with E-state index >= 15 is 0 Å². The van der Waals surface area contributed by atoms with Crippen molar-refractivity contribution in [2.45, 2.75) is 71.6 Å². The van der Waals surface area contributed by atoms with Gasteiger partial charge in [0.05, 0.1) is 57.5 Å². The molecule has 0 spiro atoms. The molecule has 0 bridgehead atoms. The highest BCUT2D eigenvalue weighted by molar-refractivity contribution is 5.97. The molecule has 0 radical (unpaired) electrons. The van der Waals surface area contributed by atoms with Crippen molar-refractivity contribution >= 4 is 58.1 Å². The summed E-state index contributed by atoms with van der Waals surface area (Å²) >= 11 is 0. The zero-order valence-electron chi connectivity index (χ0n) is 48.0. The lowest BCUT2D eigenvalue weighted by Gasteiger charge is -2.17. The van der Waals surface area contributed by atoms with Gasteiger partial charge in [-0.05, 0) is 169 Å². The maximum absolute atomic E-state index is 14.9. The molecule has 0 aromatic heterocycles. The fraction of sp³-hybridized carbons (Fsp3) is 0.250. The summed E-state index contributed by atoms with van der Waals surface area (Å²) in [5.41, 5.74) is 4.27. The molecule has 17 heteroatoms. The number of methoxy groups -OCH3 is 2. The summed E-state index contributed by atoms with van der Waals surface area (Å²) < 4.78 is 65.8. The molecule has 0 atom stereocenters. The van der Waals surface area contributed by atoms with Crippen molar-refractivity contribution in [3.8, 4) is 51.4 Å². The first kappa shape index (κ1) is 62.7. The van der Waals surface area contributed by atoms with Crippen LogP contribution in [0, 0.1) is 5.82 Å². The smallest absolute Gasteiger partial charge is 0.343 e. The van der Waals surface area contributed by atoms with Gasteiger partial charge in [0, 0.05) is 30.6 Å². The van der Waals surface area contributed by atoms with Gasteiger partial charge < -0.3 is 42.6 Å². The summed E-state index contributed by atoms with van der Waals surface area (Å²) in [5.74, 6) is -1.35.